The molecular formula is C19H30BrClN2O. The summed E-state index contributed by atoms with van der Waals surface area (Å²) in [5, 5.41) is 6.55. The van der Waals surface area contributed by atoms with Gasteiger partial charge in [0.1, 0.15) is 0 Å². The molecule has 0 radical (unpaired) electrons. The molecule has 1 amide bonds. The summed E-state index contributed by atoms with van der Waals surface area (Å²) >= 11 is 3.51. The van der Waals surface area contributed by atoms with Crippen molar-refractivity contribution in [3.8, 4) is 0 Å². The number of amides is 1. The summed E-state index contributed by atoms with van der Waals surface area (Å²) in [5.74, 6) is 1.52. The van der Waals surface area contributed by atoms with Crippen molar-refractivity contribution >= 4 is 34.2 Å². The number of hydrogen-bond donors (Lipinski definition) is 2. The highest BCUT2D eigenvalue weighted by Crippen LogP contribution is 2.20. The van der Waals surface area contributed by atoms with Crippen LogP contribution in [0.5, 0.6) is 0 Å². The predicted octanol–water partition coefficient (Wildman–Crippen LogP) is 4.19. The summed E-state index contributed by atoms with van der Waals surface area (Å²) in [5.41, 5.74) is 1.22. The van der Waals surface area contributed by atoms with Crippen molar-refractivity contribution in [1.29, 1.82) is 0 Å². The number of nitrogens with one attached hydrogen (secondary N) is 2. The fourth-order valence-corrected chi connectivity index (χ4v) is 3.75. The second-order valence-electron chi connectivity index (χ2n) is 7.10. The third kappa shape index (κ3) is 7.54. The van der Waals surface area contributed by atoms with Crippen molar-refractivity contribution in [3.05, 3.63) is 34.3 Å². The van der Waals surface area contributed by atoms with Crippen molar-refractivity contribution in [2.75, 3.05) is 19.6 Å². The van der Waals surface area contributed by atoms with Gasteiger partial charge in [0.25, 0.3) is 0 Å². The van der Waals surface area contributed by atoms with Gasteiger partial charge in [-0.1, -0.05) is 41.9 Å². The Morgan fingerprint density at radius 1 is 1.42 bits per heavy atom. The quantitative estimate of drug-likeness (QED) is 0.666. The van der Waals surface area contributed by atoms with Gasteiger partial charge in [-0.05, 0) is 68.3 Å². The van der Waals surface area contributed by atoms with Crippen molar-refractivity contribution < 1.29 is 4.79 Å². The van der Waals surface area contributed by atoms with Crippen molar-refractivity contribution in [2.45, 2.75) is 39.5 Å². The smallest absolute Gasteiger partial charge is 0.223 e. The van der Waals surface area contributed by atoms with Crippen LogP contribution < -0.4 is 10.6 Å². The molecule has 0 aliphatic carbocycles. The van der Waals surface area contributed by atoms with E-state index in [1.54, 1.807) is 0 Å². The summed E-state index contributed by atoms with van der Waals surface area (Å²) in [6.45, 7) is 7.40. The molecule has 0 bridgehead atoms. The molecule has 1 aromatic carbocycles. The Kier molecular flexibility index (Phi) is 9.94. The van der Waals surface area contributed by atoms with Crippen LogP contribution >= 0.6 is 28.3 Å². The largest absolute Gasteiger partial charge is 0.356 e. The van der Waals surface area contributed by atoms with E-state index in [9.17, 15) is 4.79 Å². The maximum atomic E-state index is 12.6. The van der Waals surface area contributed by atoms with Crippen LogP contribution in [0.15, 0.2) is 28.7 Å². The third-order valence-corrected chi connectivity index (χ3v) is 5.01. The Bertz CT molecular complexity index is 504. The zero-order valence-electron chi connectivity index (χ0n) is 14.7. The lowest BCUT2D eigenvalue weighted by atomic mass is 9.90. The zero-order chi connectivity index (χ0) is 16.7. The van der Waals surface area contributed by atoms with Gasteiger partial charge in [0, 0.05) is 16.9 Å². The molecule has 2 N–H and O–H groups in total. The van der Waals surface area contributed by atoms with Gasteiger partial charge in [-0.25, -0.2) is 0 Å². The van der Waals surface area contributed by atoms with E-state index < -0.39 is 0 Å². The molecule has 2 rings (SSSR count). The minimum Gasteiger partial charge on any atom is -0.356 e. The van der Waals surface area contributed by atoms with Crippen LogP contribution in [-0.4, -0.2) is 25.5 Å². The van der Waals surface area contributed by atoms with Crippen LogP contribution in [-0.2, 0) is 11.2 Å². The summed E-state index contributed by atoms with van der Waals surface area (Å²) < 4.78 is 1.08. The Hall–Kier alpha value is -0.580. The number of rotatable bonds is 8. The molecule has 0 aromatic heterocycles. The lowest BCUT2D eigenvalue weighted by molar-refractivity contribution is -0.125. The minimum absolute atomic E-state index is 0. The number of carbonyl (C=O) groups excluding carboxylic acids is 1. The molecule has 1 aromatic rings. The molecular weight excluding hydrogens is 388 g/mol. The monoisotopic (exact) mass is 416 g/mol. The normalized spacial score (nSPS) is 18.2. The van der Waals surface area contributed by atoms with E-state index in [0.717, 1.165) is 49.3 Å². The van der Waals surface area contributed by atoms with Crippen molar-refractivity contribution in [3.63, 3.8) is 0 Å². The highest BCUT2D eigenvalue weighted by atomic mass is 79.9. The van der Waals surface area contributed by atoms with Gasteiger partial charge in [0.2, 0.25) is 5.91 Å². The van der Waals surface area contributed by atoms with Gasteiger partial charge < -0.3 is 10.6 Å². The standard InChI is InChI=1S/C19H29BrN2O.ClH/c1-14(2)10-17(11-16-4-3-5-18(20)12-16)19(23)22-9-7-15-6-8-21-13-15;/h3-5,12,14-15,17,21H,6-11,13H2,1-2H3,(H,22,23);1H. The third-order valence-electron chi connectivity index (χ3n) is 4.51. The van der Waals surface area contributed by atoms with E-state index in [0.29, 0.717) is 5.92 Å². The Morgan fingerprint density at radius 2 is 2.21 bits per heavy atom. The molecule has 1 heterocycles. The first-order valence-corrected chi connectivity index (χ1v) is 9.56. The van der Waals surface area contributed by atoms with Gasteiger partial charge in [-0.2, -0.15) is 0 Å². The summed E-state index contributed by atoms with van der Waals surface area (Å²) in [6, 6.07) is 8.29. The van der Waals surface area contributed by atoms with Crippen LogP contribution in [0, 0.1) is 17.8 Å². The van der Waals surface area contributed by atoms with Gasteiger partial charge in [0.05, 0.1) is 0 Å². The summed E-state index contributed by atoms with van der Waals surface area (Å²) in [6.07, 6.45) is 4.07. The van der Waals surface area contributed by atoms with Crippen LogP contribution in [0.1, 0.15) is 38.7 Å². The van der Waals surface area contributed by atoms with E-state index in [2.05, 4.69) is 52.5 Å². The molecule has 1 fully saturated rings. The average Bonchev–Trinajstić information content (AvgIpc) is 2.99. The predicted molar refractivity (Wildman–Crippen MR) is 107 cm³/mol. The highest BCUT2D eigenvalue weighted by molar-refractivity contribution is 9.10. The van der Waals surface area contributed by atoms with E-state index in [4.69, 9.17) is 0 Å². The topological polar surface area (TPSA) is 41.1 Å². The van der Waals surface area contributed by atoms with E-state index in [-0.39, 0.29) is 24.2 Å². The maximum Gasteiger partial charge on any atom is 0.223 e. The van der Waals surface area contributed by atoms with Crippen LogP contribution in [0.2, 0.25) is 0 Å². The number of hydrogen-bond acceptors (Lipinski definition) is 2. The van der Waals surface area contributed by atoms with Gasteiger partial charge >= 0.3 is 0 Å². The first-order chi connectivity index (χ1) is 11.0. The number of carbonyl (C=O) groups is 1. The molecule has 1 aliphatic rings. The first-order valence-electron chi connectivity index (χ1n) is 8.77. The van der Waals surface area contributed by atoms with E-state index in [1.165, 1.54) is 12.0 Å². The minimum atomic E-state index is 0. The lowest BCUT2D eigenvalue weighted by Crippen LogP contribution is -2.34. The Morgan fingerprint density at radius 3 is 2.83 bits per heavy atom. The average molecular weight is 418 g/mol. The van der Waals surface area contributed by atoms with Gasteiger partial charge in [-0.15, -0.1) is 12.4 Å². The lowest BCUT2D eigenvalue weighted by Gasteiger charge is -2.19. The fraction of sp³-hybridized carbons (Fsp3) is 0.632. The van der Waals surface area contributed by atoms with Gasteiger partial charge in [-0.3, -0.25) is 4.79 Å². The fourth-order valence-electron chi connectivity index (χ4n) is 3.31. The first kappa shape index (κ1) is 21.5. The molecule has 1 aliphatic heterocycles. The van der Waals surface area contributed by atoms with E-state index in [1.807, 2.05) is 12.1 Å². The zero-order valence-corrected chi connectivity index (χ0v) is 17.1. The molecule has 2 atom stereocenters. The highest BCUT2D eigenvalue weighted by Gasteiger charge is 2.21. The summed E-state index contributed by atoms with van der Waals surface area (Å²) in [7, 11) is 0. The molecule has 2 unspecified atom stereocenters. The molecule has 3 nitrogen and oxygen atoms in total. The second kappa shape index (κ2) is 11.1. The molecule has 5 heteroatoms. The molecule has 24 heavy (non-hydrogen) atoms. The number of benzene rings is 1. The van der Waals surface area contributed by atoms with E-state index >= 15 is 0 Å². The maximum absolute atomic E-state index is 12.6. The SMILES string of the molecule is CC(C)CC(Cc1cccc(Br)c1)C(=O)NCCC1CCNC1.Cl. The molecule has 0 saturated carbocycles. The number of halogens is 2. The Labute approximate surface area is 160 Å². The second-order valence-corrected chi connectivity index (χ2v) is 8.01. The Balaban J connectivity index is 0.00000288. The molecule has 1 saturated heterocycles. The summed E-state index contributed by atoms with van der Waals surface area (Å²) in [4.78, 5) is 12.6. The van der Waals surface area contributed by atoms with Crippen LogP contribution in [0.4, 0.5) is 0 Å². The molecule has 0 spiro atoms. The van der Waals surface area contributed by atoms with Gasteiger partial charge in [0.15, 0.2) is 0 Å². The van der Waals surface area contributed by atoms with Crippen LogP contribution in [0.25, 0.3) is 0 Å². The van der Waals surface area contributed by atoms with Crippen molar-refractivity contribution in [1.82, 2.24) is 10.6 Å². The molecule has 136 valence electrons. The van der Waals surface area contributed by atoms with Crippen LogP contribution in [0.3, 0.4) is 0 Å². The van der Waals surface area contributed by atoms with Crippen molar-refractivity contribution in [2.24, 2.45) is 17.8 Å².